The van der Waals surface area contributed by atoms with Gasteiger partial charge in [0.05, 0.1) is 22.4 Å². The number of fused-ring (bicyclic) bond motifs is 7. The van der Waals surface area contributed by atoms with E-state index in [0.717, 1.165) is 89.0 Å². The fourth-order valence-electron chi connectivity index (χ4n) is 8.03. The Morgan fingerprint density at radius 1 is 0.455 bits per heavy atom. The highest BCUT2D eigenvalue weighted by atomic mass is 16.3. The highest BCUT2D eigenvalue weighted by Gasteiger charge is 2.24. The van der Waals surface area contributed by atoms with Crippen molar-refractivity contribution in [2.75, 3.05) is 9.80 Å². The Hall–Kier alpha value is -7.30. The number of benzene rings is 8. The average Bonchev–Trinajstić information content (AvgIpc) is 3.79. The standard InChI is InChI=1S/C51H36N2O2/c1-3-4-20-39-34(2)15-12-23-44(39)52(36-18-6-5-7-19-36)37-29-31-48-43(32-37)51-46(25-14-27-49(51)54-48)53(45-24-13-17-35-16-8-9-21-40(35)45)38-28-30-42-41-22-10-11-26-47(41)55-50(42)33-38/h3-33H,1H2,2H3/b20-4-. The lowest BCUT2D eigenvalue weighted by atomic mass is 10.0. The van der Waals surface area contributed by atoms with Crippen LogP contribution in [-0.4, -0.2) is 0 Å². The molecule has 0 bridgehead atoms. The highest BCUT2D eigenvalue weighted by molar-refractivity contribution is 6.16. The maximum atomic E-state index is 6.67. The molecule has 262 valence electrons. The summed E-state index contributed by atoms with van der Waals surface area (Å²) < 4.78 is 13.1. The topological polar surface area (TPSA) is 32.8 Å². The third kappa shape index (κ3) is 5.46. The number of nitrogens with zero attached hydrogens (tertiary/aromatic N) is 2. The molecule has 0 atom stereocenters. The van der Waals surface area contributed by atoms with Crippen LogP contribution in [0.25, 0.3) is 60.7 Å². The zero-order chi connectivity index (χ0) is 36.9. The zero-order valence-electron chi connectivity index (χ0n) is 30.3. The van der Waals surface area contributed by atoms with Gasteiger partial charge in [-0.2, -0.15) is 0 Å². The molecule has 0 unspecified atom stereocenters. The second kappa shape index (κ2) is 13.3. The Morgan fingerprint density at radius 2 is 1.09 bits per heavy atom. The van der Waals surface area contributed by atoms with E-state index in [-0.39, 0.29) is 0 Å². The number of anilines is 6. The number of allylic oxidation sites excluding steroid dienone is 2. The van der Waals surface area contributed by atoms with Crippen molar-refractivity contribution in [2.24, 2.45) is 0 Å². The van der Waals surface area contributed by atoms with Gasteiger partial charge in [-0.05, 0) is 90.7 Å². The van der Waals surface area contributed by atoms with Crippen LogP contribution in [0.4, 0.5) is 34.1 Å². The molecule has 0 radical (unpaired) electrons. The molecule has 0 aliphatic rings. The average molecular weight is 709 g/mol. The Labute approximate surface area is 319 Å². The van der Waals surface area contributed by atoms with Crippen LogP contribution in [-0.2, 0) is 0 Å². The quantitative estimate of drug-likeness (QED) is 0.147. The number of para-hydroxylation sites is 2. The highest BCUT2D eigenvalue weighted by Crippen LogP contribution is 2.47. The molecule has 0 fully saturated rings. The van der Waals surface area contributed by atoms with Crippen molar-refractivity contribution in [2.45, 2.75) is 6.92 Å². The summed E-state index contributed by atoms with van der Waals surface area (Å²) in [5.41, 5.74) is 11.9. The molecule has 0 saturated carbocycles. The van der Waals surface area contributed by atoms with Crippen LogP contribution in [0.2, 0.25) is 0 Å². The van der Waals surface area contributed by atoms with E-state index in [1.807, 2.05) is 24.3 Å². The van der Waals surface area contributed by atoms with Crippen LogP contribution >= 0.6 is 0 Å². The van der Waals surface area contributed by atoms with Crippen LogP contribution in [0, 0.1) is 6.92 Å². The third-order valence-electron chi connectivity index (χ3n) is 10.5. The normalized spacial score (nSPS) is 11.7. The van der Waals surface area contributed by atoms with E-state index in [1.165, 1.54) is 10.9 Å². The predicted octanol–water partition coefficient (Wildman–Crippen LogP) is 15.1. The van der Waals surface area contributed by atoms with Gasteiger partial charge in [0.25, 0.3) is 0 Å². The summed E-state index contributed by atoms with van der Waals surface area (Å²) in [6, 6.07) is 59.7. The molecule has 55 heavy (non-hydrogen) atoms. The Balaban J connectivity index is 1.24. The molecule has 2 aromatic heterocycles. The van der Waals surface area contributed by atoms with E-state index in [0.29, 0.717) is 0 Å². The minimum absolute atomic E-state index is 0.816. The van der Waals surface area contributed by atoms with Crippen molar-refractivity contribution >= 4 is 94.8 Å². The molecule has 2 heterocycles. The van der Waals surface area contributed by atoms with E-state index >= 15 is 0 Å². The lowest BCUT2D eigenvalue weighted by molar-refractivity contribution is 0.669. The maximum absolute atomic E-state index is 6.67. The van der Waals surface area contributed by atoms with Crippen LogP contribution in [0.1, 0.15) is 11.1 Å². The summed E-state index contributed by atoms with van der Waals surface area (Å²) in [5.74, 6) is 0. The van der Waals surface area contributed by atoms with Gasteiger partial charge in [0.1, 0.15) is 22.3 Å². The summed E-state index contributed by atoms with van der Waals surface area (Å²) in [4.78, 5) is 4.68. The first-order chi connectivity index (χ1) is 27.2. The van der Waals surface area contributed by atoms with Crippen LogP contribution < -0.4 is 9.80 Å². The predicted molar refractivity (Wildman–Crippen MR) is 232 cm³/mol. The van der Waals surface area contributed by atoms with Gasteiger partial charge in [-0.15, -0.1) is 0 Å². The maximum Gasteiger partial charge on any atom is 0.137 e. The summed E-state index contributed by atoms with van der Waals surface area (Å²) >= 11 is 0. The fourth-order valence-corrected chi connectivity index (χ4v) is 8.03. The third-order valence-corrected chi connectivity index (χ3v) is 10.5. The summed E-state index contributed by atoms with van der Waals surface area (Å²) in [5, 5.41) is 6.56. The van der Waals surface area contributed by atoms with Crippen molar-refractivity contribution < 1.29 is 8.83 Å². The summed E-state index contributed by atoms with van der Waals surface area (Å²) in [7, 11) is 0. The second-order valence-electron chi connectivity index (χ2n) is 13.8. The first-order valence-electron chi connectivity index (χ1n) is 18.5. The number of hydrogen-bond acceptors (Lipinski definition) is 4. The van der Waals surface area contributed by atoms with E-state index in [9.17, 15) is 0 Å². The van der Waals surface area contributed by atoms with Gasteiger partial charge in [0.15, 0.2) is 0 Å². The van der Waals surface area contributed by atoms with Crippen LogP contribution in [0.3, 0.4) is 0 Å². The van der Waals surface area contributed by atoms with Gasteiger partial charge in [-0.25, -0.2) is 0 Å². The first kappa shape index (κ1) is 32.4. The van der Waals surface area contributed by atoms with E-state index in [4.69, 9.17) is 8.83 Å². The van der Waals surface area contributed by atoms with Crippen molar-refractivity contribution in [3.8, 4) is 0 Å². The van der Waals surface area contributed by atoms with Crippen LogP contribution in [0.15, 0.2) is 197 Å². The smallest absolute Gasteiger partial charge is 0.137 e. The van der Waals surface area contributed by atoms with Gasteiger partial charge in [-0.1, -0.05) is 116 Å². The lowest BCUT2D eigenvalue weighted by Crippen LogP contribution is -2.12. The van der Waals surface area contributed by atoms with Crippen molar-refractivity contribution in [1.29, 1.82) is 0 Å². The van der Waals surface area contributed by atoms with Crippen molar-refractivity contribution in [3.05, 3.63) is 200 Å². The van der Waals surface area contributed by atoms with Gasteiger partial charge in [0, 0.05) is 50.2 Å². The Bertz CT molecular complexity index is 3090. The number of aryl methyl sites for hydroxylation is 1. The monoisotopic (exact) mass is 708 g/mol. The summed E-state index contributed by atoms with van der Waals surface area (Å²) in [6.45, 7) is 6.09. The minimum Gasteiger partial charge on any atom is -0.456 e. The molecular formula is C51H36N2O2. The molecule has 4 nitrogen and oxygen atoms in total. The molecule has 0 spiro atoms. The van der Waals surface area contributed by atoms with Crippen LogP contribution in [0.5, 0.6) is 0 Å². The molecule has 0 N–H and O–H groups in total. The van der Waals surface area contributed by atoms with E-state index in [2.05, 4.69) is 187 Å². The molecule has 0 aliphatic heterocycles. The van der Waals surface area contributed by atoms with Gasteiger partial charge in [-0.3, -0.25) is 0 Å². The van der Waals surface area contributed by atoms with Gasteiger partial charge in [0.2, 0.25) is 0 Å². The minimum atomic E-state index is 0.816. The number of hydrogen-bond donors (Lipinski definition) is 0. The lowest BCUT2D eigenvalue weighted by Gasteiger charge is -2.28. The molecule has 4 heteroatoms. The zero-order valence-corrected chi connectivity index (χ0v) is 30.3. The molecule has 10 aromatic rings. The molecule has 0 amide bonds. The SMILES string of the molecule is C=C/C=C\c1c(C)cccc1N(c1ccccc1)c1ccc2oc3cccc(N(c4ccc5c(c4)oc4ccccc45)c4cccc5ccccc45)c3c2c1. The largest absolute Gasteiger partial charge is 0.456 e. The molecule has 8 aromatic carbocycles. The van der Waals surface area contributed by atoms with Crippen molar-refractivity contribution in [1.82, 2.24) is 0 Å². The Morgan fingerprint density at radius 3 is 1.98 bits per heavy atom. The molecule has 0 aliphatic carbocycles. The Kier molecular flexibility index (Phi) is 7.81. The van der Waals surface area contributed by atoms with E-state index < -0.39 is 0 Å². The van der Waals surface area contributed by atoms with Gasteiger partial charge < -0.3 is 18.6 Å². The van der Waals surface area contributed by atoms with Gasteiger partial charge >= 0.3 is 0 Å². The number of rotatable bonds is 8. The molecular weight excluding hydrogens is 673 g/mol. The molecule has 0 saturated heterocycles. The summed E-state index contributed by atoms with van der Waals surface area (Å²) in [6.07, 6.45) is 5.96. The number of furan rings is 2. The first-order valence-corrected chi connectivity index (χ1v) is 18.5. The van der Waals surface area contributed by atoms with E-state index in [1.54, 1.807) is 0 Å². The molecule has 10 rings (SSSR count). The fraction of sp³-hybridized carbons (Fsp3) is 0.0196. The second-order valence-corrected chi connectivity index (χ2v) is 13.8. The van der Waals surface area contributed by atoms with Crippen molar-refractivity contribution in [3.63, 3.8) is 0 Å².